The average Bonchev–Trinajstić information content (AvgIpc) is 3.09. The van der Waals surface area contributed by atoms with Gasteiger partial charge in [0.2, 0.25) is 0 Å². The highest BCUT2D eigenvalue weighted by Crippen LogP contribution is 2.32. The highest BCUT2D eigenvalue weighted by atomic mass is 16.5. The van der Waals surface area contributed by atoms with Crippen LogP contribution in [0.1, 0.15) is 31.2 Å². The van der Waals surface area contributed by atoms with E-state index in [1.807, 2.05) is 12.1 Å². The van der Waals surface area contributed by atoms with Crippen LogP contribution < -0.4 is 9.47 Å². The predicted molar refractivity (Wildman–Crippen MR) is 93.2 cm³/mol. The number of piperazine rings is 1. The van der Waals surface area contributed by atoms with Gasteiger partial charge in [-0.05, 0) is 24.8 Å². The number of hydrogen-bond donors (Lipinski definition) is 0. The Morgan fingerprint density at radius 2 is 1.65 bits per heavy atom. The number of nitrogens with zero attached hydrogens (tertiary/aromatic N) is 2. The lowest BCUT2D eigenvalue weighted by Crippen LogP contribution is -2.47. The fourth-order valence-electron chi connectivity index (χ4n) is 4.01. The van der Waals surface area contributed by atoms with Gasteiger partial charge in [0, 0.05) is 44.8 Å². The van der Waals surface area contributed by atoms with Gasteiger partial charge in [0.15, 0.2) is 11.5 Å². The lowest BCUT2D eigenvalue weighted by molar-refractivity contribution is 0.113. The van der Waals surface area contributed by atoms with Gasteiger partial charge in [0.1, 0.15) is 0 Å². The molecular weight excluding hydrogens is 288 g/mol. The summed E-state index contributed by atoms with van der Waals surface area (Å²) in [5, 5.41) is 0. The number of hydrogen-bond acceptors (Lipinski definition) is 4. The van der Waals surface area contributed by atoms with Crippen LogP contribution >= 0.6 is 0 Å². The monoisotopic (exact) mass is 318 g/mol. The second-order valence-corrected chi connectivity index (χ2v) is 6.88. The van der Waals surface area contributed by atoms with E-state index in [0.29, 0.717) is 0 Å². The van der Waals surface area contributed by atoms with E-state index < -0.39 is 0 Å². The van der Waals surface area contributed by atoms with Gasteiger partial charge in [0.05, 0.1) is 14.2 Å². The molecule has 2 fully saturated rings. The zero-order chi connectivity index (χ0) is 16.1. The van der Waals surface area contributed by atoms with Crippen LogP contribution in [-0.4, -0.2) is 56.7 Å². The molecule has 0 amide bonds. The topological polar surface area (TPSA) is 24.9 Å². The van der Waals surface area contributed by atoms with E-state index in [4.69, 9.17) is 9.47 Å². The van der Waals surface area contributed by atoms with Gasteiger partial charge < -0.3 is 14.4 Å². The fraction of sp³-hybridized carbons (Fsp3) is 0.684. The summed E-state index contributed by atoms with van der Waals surface area (Å²) >= 11 is 0. The molecule has 1 aliphatic heterocycles. The first kappa shape index (κ1) is 16.6. The molecule has 0 aromatic heterocycles. The van der Waals surface area contributed by atoms with Gasteiger partial charge in [0.25, 0.3) is 0 Å². The largest absolute Gasteiger partial charge is 0.493 e. The molecule has 0 unspecified atom stereocenters. The first-order chi connectivity index (χ1) is 11.3. The molecular formula is C19H30N2O2. The van der Waals surface area contributed by atoms with Crippen molar-refractivity contribution in [2.24, 2.45) is 5.92 Å². The molecule has 4 nitrogen and oxygen atoms in total. The molecule has 1 aromatic rings. The summed E-state index contributed by atoms with van der Waals surface area (Å²) < 4.78 is 11.0. The third kappa shape index (κ3) is 4.18. The molecule has 1 saturated heterocycles. The van der Waals surface area contributed by atoms with Crippen molar-refractivity contribution in [2.45, 2.75) is 32.2 Å². The maximum Gasteiger partial charge on any atom is 0.165 e. The molecule has 0 bridgehead atoms. The maximum absolute atomic E-state index is 5.56. The van der Waals surface area contributed by atoms with Gasteiger partial charge in [-0.3, -0.25) is 4.90 Å². The van der Waals surface area contributed by atoms with Gasteiger partial charge in [-0.2, -0.15) is 0 Å². The SMILES string of the molecule is COc1cccc(CN2CCN(CC3CCCC3)CC2)c1OC. The summed E-state index contributed by atoms with van der Waals surface area (Å²) in [4.78, 5) is 5.19. The normalized spacial score (nSPS) is 20.8. The number of rotatable bonds is 6. The summed E-state index contributed by atoms with van der Waals surface area (Å²) in [6, 6.07) is 6.15. The van der Waals surface area contributed by atoms with Crippen LogP contribution in [0.5, 0.6) is 11.5 Å². The fourth-order valence-corrected chi connectivity index (χ4v) is 4.01. The predicted octanol–water partition coefficient (Wildman–Crippen LogP) is 3.01. The van der Waals surface area contributed by atoms with Gasteiger partial charge in [-0.25, -0.2) is 0 Å². The molecule has 0 radical (unpaired) electrons. The van der Waals surface area contributed by atoms with Gasteiger partial charge >= 0.3 is 0 Å². The highest BCUT2D eigenvalue weighted by molar-refractivity contribution is 5.46. The number of ether oxygens (including phenoxy) is 2. The number of benzene rings is 1. The van der Waals surface area contributed by atoms with Crippen molar-refractivity contribution in [3.8, 4) is 11.5 Å². The van der Waals surface area contributed by atoms with Crippen LogP contribution in [0.15, 0.2) is 18.2 Å². The average molecular weight is 318 g/mol. The summed E-state index contributed by atoms with van der Waals surface area (Å²) in [7, 11) is 3.42. The maximum atomic E-state index is 5.56. The molecule has 3 rings (SSSR count). The molecule has 2 aliphatic rings. The number of methoxy groups -OCH3 is 2. The van der Waals surface area contributed by atoms with Crippen molar-refractivity contribution >= 4 is 0 Å². The molecule has 0 spiro atoms. The molecule has 4 heteroatoms. The second kappa shape index (κ2) is 8.02. The van der Waals surface area contributed by atoms with E-state index in [9.17, 15) is 0 Å². The van der Waals surface area contributed by atoms with Crippen LogP contribution in [0.25, 0.3) is 0 Å². The van der Waals surface area contributed by atoms with Crippen LogP contribution in [0.4, 0.5) is 0 Å². The Labute approximate surface area is 140 Å². The van der Waals surface area contributed by atoms with E-state index in [1.54, 1.807) is 14.2 Å². The van der Waals surface area contributed by atoms with E-state index in [-0.39, 0.29) is 0 Å². The lowest BCUT2D eigenvalue weighted by Gasteiger charge is -2.36. The third-order valence-corrected chi connectivity index (χ3v) is 5.33. The third-order valence-electron chi connectivity index (χ3n) is 5.33. The molecule has 128 valence electrons. The lowest BCUT2D eigenvalue weighted by atomic mass is 10.1. The van der Waals surface area contributed by atoms with Gasteiger partial charge in [-0.1, -0.05) is 25.0 Å². The Bertz CT molecular complexity index is 492. The molecule has 1 heterocycles. The molecule has 1 aromatic carbocycles. The first-order valence-corrected chi connectivity index (χ1v) is 8.94. The second-order valence-electron chi connectivity index (χ2n) is 6.88. The Morgan fingerprint density at radius 3 is 2.30 bits per heavy atom. The smallest absolute Gasteiger partial charge is 0.165 e. The molecule has 1 aliphatic carbocycles. The van der Waals surface area contributed by atoms with Crippen molar-refractivity contribution in [1.82, 2.24) is 9.80 Å². The summed E-state index contributed by atoms with van der Waals surface area (Å²) in [5.41, 5.74) is 1.22. The summed E-state index contributed by atoms with van der Waals surface area (Å²) in [6.07, 6.45) is 5.78. The Kier molecular flexibility index (Phi) is 5.79. The van der Waals surface area contributed by atoms with Gasteiger partial charge in [-0.15, -0.1) is 0 Å². The molecule has 1 saturated carbocycles. The van der Waals surface area contributed by atoms with E-state index >= 15 is 0 Å². The van der Waals surface area contributed by atoms with Crippen LogP contribution in [-0.2, 0) is 6.54 Å². The quantitative estimate of drug-likeness (QED) is 0.805. The Hall–Kier alpha value is -1.26. The number of para-hydroxylation sites is 1. The van der Waals surface area contributed by atoms with E-state index in [0.717, 1.165) is 37.1 Å². The minimum absolute atomic E-state index is 0.824. The summed E-state index contributed by atoms with van der Waals surface area (Å²) in [5.74, 6) is 2.66. The Balaban J connectivity index is 1.52. The van der Waals surface area contributed by atoms with Crippen LogP contribution in [0, 0.1) is 5.92 Å². The minimum Gasteiger partial charge on any atom is -0.493 e. The standard InChI is InChI=1S/C19H30N2O2/c1-22-18-9-5-8-17(19(18)23-2)15-21-12-10-20(11-13-21)14-16-6-3-4-7-16/h5,8-9,16H,3-4,6-7,10-15H2,1-2H3. The van der Waals surface area contributed by atoms with Crippen molar-refractivity contribution in [3.05, 3.63) is 23.8 Å². The Morgan fingerprint density at radius 1 is 0.957 bits per heavy atom. The first-order valence-electron chi connectivity index (χ1n) is 8.94. The van der Waals surface area contributed by atoms with Crippen LogP contribution in [0.2, 0.25) is 0 Å². The van der Waals surface area contributed by atoms with E-state index in [1.165, 1.54) is 50.9 Å². The minimum atomic E-state index is 0.824. The summed E-state index contributed by atoms with van der Waals surface area (Å²) in [6.45, 7) is 6.94. The highest BCUT2D eigenvalue weighted by Gasteiger charge is 2.23. The van der Waals surface area contributed by atoms with Crippen molar-refractivity contribution < 1.29 is 9.47 Å². The zero-order valence-corrected chi connectivity index (χ0v) is 14.6. The molecule has 0 atom stereocenters. The molecule has 0 N–H and O–H groups in total. The van der Waals surface area contributed by atoms with Crippen molar-refractivity contribution in [1.29, 1.82) is 0 Å². The van der Waals surface area contributed by atoms with Crippen LogP contribution in [0.3, 0.4) is 0 Å². The van der Waals surface area contributed by atoms with Crippen molar-refractivity contribution in [2.75, 3.05) is 46.9 Å². The van der Waals surface area contributed by atoms with E-state index in [2.05, 4.69) is 15.9 Å². The van der Waals surface area contributed by atoms with Crippen molar-refractivity contribution in [3.63, 3.8) is 0 Å². The zero-order valence-electron chi connectivity index (χ0n) is 14.6. The molecule has 23 heavy (non-hydrogen) atoms.